The maximum absolute atomic E-state index is 12.7. The van der Waals surface area contributed by atoms with Crippen LogP contribution in [0.1, 0.15) is 36.3 Å². The van der Waals surface area contributed by atoms with Gasteiger partial charge in [-0.05, 0) is 49.1 Å². The number of piperazine rings is 1. The van der Waals surface area contributed by atoms with Crippen molar-refractivity contribution in [3.05, 3.63) is 53.9 Å². The van der Waals surface area contributed by atoms with Crippen LogP contribution in [0.25, 0.3) is 0 Å². The summed E-state index contributed by atoms with van der Waals surface area (Å²) < 4.78 is 0. The van der Waals surface area contributed by atoms with E-state index in [-0.39, 0.29) is 5.91 Å². The predicted molar refractivity (Wildman–Crippen MR) is 111 cm³/mol. The average Bonchev–Trinajstić information content (AvgIpc) is 2.68. The van der Waals surface area contributed by atoms with E-state index in [9.17, 15) is 4.79 Å². The van der Waals surface area contributed by atoms with Gasteiger partial charge in [0, 0.05) is 38.4 Å². The molecule has 0 radical (unpaired) electrons. The van der Waals surface area contributed by atoms with Gasteiger partial charge in [0.25, 0.3) is 5.91 Å². The molecule has 5 heteroatoms. The molecule has 0 spiro atoms. The smallest absolute Gasteiger partial charge is 0.272 e. The Kier molecular flexibility index (Phi) is 6.32. The summed E-state index contributed by atoms with van der Waals surface area (Å²) in [6, 6.07) is 12.3. The molecule has 2 heterocycles. The Balaban J connectivity index is 1.53. The quantitative estimate of drug-likeness (QED) is 0.845. The number of anilines is 2. The lowest BCUT2D eigenvalue weighted by Crippen LogP contribution is -2.49. The molecule has 1 aliphatic heterocycles. The molecule has 1 fully saturated rings. The molecular formula is C22H30N4O. The van der Waals surface area contributed by atoms with Crippen molar-refractivity contribution >= 4 is 17.3 Å². The van der Waals surface area contributed by atoms with Gasteiger partial charge < -0.3 is 15.1 Å². The van der Waals surface area contributed by atoms with Crippen LogP contribution in [0.2, 0.25) is 0 Å². The van der Waals surface area contributed by atoms with Gasteiger partial charge in [0.2, 0.25) is 0 Å². The molecule has 0 aliphatic carbocycles. The van der Waals surface area contributed by atoms with Crippen molar-refractivity contribution in [1.29, 1.82) is 0 Å². The zero-order valence-electron chi connectivity index (χ0n) is 16.6. The van der Waals surface area contributed by atoms with Crippen molar-refractivity contribution in [1.82, 2.24) is 9.88 Å². The lowest BCUT2D eigenvalue weighted by Gasteiger charge is -2.36. The van der Waals surface area contributed by atoms with E-state index in [1.54, 1.807) is 6.20 Å². The molecule has 1 aromatic heterocycles. The van der Waals surface area contributed by atoms with Crippen LogP contribution in [0.4, 0.5) is 11.4 Å². The number of benzene rings is 1. The number of aromatic nitrogens is 1. The minimum Gasteiger partial charge on any atom is -0.384 e. The summed E-state index contributed by atoms with van der Waals surface area (Å²) in [6.07, 6.45) is 2.88. The summed E-state index contributed by atoms with van der Waals surface area (Å²) >= 11 is 0. The normalized spacial score (nSPS) is 14.5. The number of hydrogen-bond donors (Lipinski definition) is 1. The minimum absolute atomic E-state index is 0.0209. The van der Waals surface area contributed by atoms with E-state index in [0.29, 0.717) is 11.6 Å². The van der Waals surface area contributed by atoms with Crippen LogP contribution in [0.5, 0.6) is 0 Å². The number of nitrogens with zero attached hydrogens (tertiary/aromatic N) is 3. The standard InChI is InChI=1S/C22H30N4O/c1-17(2)9-10-23-19-7-8-21(24-16-19)22(27)26-13-11-25(12-14-26)20-6-4-5-18(3)15-20/h4-8,15-17,23H,9-14H2,1-3H3. The molecule has 1 N–H and O–H groups in total. The van der Waals surface area contributed by atoms with Crippen LogP contribution in [0, 0.1) is 12.8 Å². The number of aryl methyl sites for hydroxylation is 1. The highest BCUT2D eigenvalue weighted by Crippen LogP contribution is 2.18. The van der Waals surface area contributed by atoms with E-state index >= 15 is 0 Å². The maximum atomic E-state index is 12.7. The Bertz CT molecular complexity index is 749. The number of amides is 1. The number of nitrogens with one attached hydrogen (secondary N) is 1. The van der Waals surface area contributed by atoms with Gasteiger partial charge in [-0.25, -0.2) is 4.98 Å². The predicted octanol–water partition coefficient (Wildman–Crippen LogP) is 3.81. The Hall–Kier alpha value is -2.56. The Morgan fingerprint density at radius 1 is 1.15 bits per heavy atom. The first-order valence-corrected chi connectivity index (χ1v) is 9.84. The second-order valence-corrected chi connectivity index (χ2v) is 7.66. The molecule has 1 aliphatic rings. The molecule has 2 aromatic rings. The largest absolute Gasteiger partial charge is 0.384 e. The van der Waals surface area contributed by atoms with E-state index in [1.165, 1.54) is 11.3 Å². The number of rotatable bonds is 6. The molecule has 144 valence electrons. The first-order valence-electron chi connectivity index (χ1n) is 9.84. The van der Waals surface area contributed by atoms with Gasteiger partial charge in [0.15, 0.2) is 0 Å². The molecule has 0 bridgehead atoms. The number of carbonyl (C=O) groups is 1. The third-order valence-corrected chi connectivity index (χ3v) is 4.97. The lowest BCUT2D eigenvalue weighted by molar-refractivity contribution is 0.0741. The van der Waals surface area contributed by atoms with Gasteiger partial charge >= 0.3 is 0 Å². The van der Waals surface area contributed by atoms with Gasteiger partial charge in [-0.15, -0.1) is 0 Å². The van der Waals surface area contributed by atoms with E-state index in [1.807, 2.05) is 17.0 Å². The number of hydrogen-bond acceptors (Lipinski definition) is 4. The molecule has 0 saturated carbocycles. The van der Waals surface area contributed by atoms with E-state index < -0.39 is 0 Å². The van der Waals surface area contributed by atoms with Crippen LogP contribution in [0.3, 0.4) is 0 Å². The van der Waals surface area contributed by atoms with Crippen LogP contribution < -0.4 is 10.2 Å². The highest BCUT2D eigenvalue weighted by Gasteiger charge is 2.23. The zero-order chi connectivity index (χ0) is 19.2. The van der Waals surface area contributed by atoms with E-state index in [2.05, 4.69) is 60.2 Å². The summed E-state index contributed by atoms with van der Waals surface area (Å²) in [4.78, 5) is 21.4. The number of carbonyl (C=O) groups excluding carboxylic acids is 1. The van der Waals surface area contributed by atoms with Crippen LogP contribution in [-0.2, 0) is 0 Å². The second kappa shape index (κ2) is 8.89. The monoisotopic (exact) mass is 366 g/mol. The zero-order valence-corrected chi connectivity index (χ0v) is 16.6. The molecule has 1 amide bonds. The first kappa shape index (κ1) is 19.2. The highest BCUT2D eigenvalue weighted by molar-refractivity contribution is 5.92. The molecule has 3 rings (SSSR count). The Morgan fingerprint density at radius 3 is 2.56 bits per heavy atom. The van der Waals surface area contributed by atoms with Crippen molar-refractivity contribution in [2.24, 2.45) is 5.92 Å². The fourth-order valence-electron chi connectivity index (χ4n) is 3.28. The van der Waals surface area contributed by atoms with Crippen molar-refractivity contribution in [2.45, 2.75) is 27.2 Å². The molecule has 5 nitrogen and oxygen atoms in total. The highest BCUT2D eigenvalue weighted by atomic mass is 16.2. The van der Waals surface area contributed by atoms with Crippen LogP contribution in [0.15, 0.2) is 42.6 Å². The summed E-state index contributed by atoms with van der Waals surface area (Å²) in [6.45, 7) is 10.6. The van der Waals surface area contributed by atoms with Crippen molar-refractivity contribution in [3.8, 4) is 0 Å². The van der Waals surface area contributed by atoms with Crippen molar-refractivity contribution in [2.75, 3.05) is 42.9 Å². The topological polar surface area (TPSA) is 48.5 Å². The van der Waals surface area contributed by atoms with Gasteiger partial charge in [0.05, 0.1) is 11.9 Å². The van der Waals surface area contributed by atoms with Gasteiger partial charge in [0.1, 0.15) is 5.69 Å². The van der Waals surface area contributed by atoms with Crippen molar-refractivity contribution in [3.63, 3.8) is 0 Å². The maximum Gasteiger partial charge on any atom is 0.272 e. The van der Waals surface area contributed by atoms with E-state index in [0.717, 1.165) is 44.8 Å². The minimum atomic E-state index is 0.0209. The first-order chi connectivity index (χ1) is 13.0. The van der Waals surface area contributed by atoms with Crippen LogP contribution >= 0.6 is 0 Å². The van der Waals surface area contributed by atoms with Gasteiger partial charge in [-0.2, -0.15) is 0 Å². The lowest BCUT2D eigenvalue weighted by atomic mass is 10.1. The third kappa shape index (κ3) is 5.22. The molecule has 1 saturated heterocycles. The molecule has 1 aromatic carbocycles. The Morgan fingerprint density at radius 2 is 1.93 bits per heavy atom. The molecular weight excluding hydrogens is 336 g/mol. The SMILES string of the molecule is Cc1cccc(N2CCN(C(=O)c3ccc(NCCC(C)C)cn3)CC2)c1. The fraction of sp³-hybridized carbons (Fsp3) is 0.455. The van der Waals surface area contributed by atoms with Crippen molar-refractivity contribution < 1.29 is 4.79 Å². The average molecular weight is 367 g/mol. The van der Waals surface area contributed by atoms with Gasteiger partial charge in [-0.3, -0.25) is 4.79 Å². The number of pyridine rings is 1. The fourth-order valence-corrected chi connectivity index (χ4v) is 3.28. The summed E-state index contributed by atoms with van der Waals surface area (Å²) in [5.41, 5.74) is 3.99. The second-order valence-electron chi connectivity index (χ2n) is 7.66. The van der Waals surface area contributed by atoms with Crippen LogP contribution in [-0.4, -0.2) is 48.5 Å². The van der Waals surface area contributed by atoms with E-state index in [4.69, 9.17) is 0 Å². The molecule has 27 heavy (non-hydrogen) atoms. The Labute approximate surface area is 162 Å². The summed E-state index contributed by atoms with van der Waals surface area (Å²) in [7, 11) is 0. The molecule has 0 unspecified atom stereocenters. The summed E-state index contributed by atoms with van der Waals surface area (Å²) in [5.74, 6) is 0.692. The van der Waals surface area contributed by atoms with Gasteiger partial charge in [-0.1, -0.05) is 26.0 Å². The molecule has 0 atom stereocenters. The third-order valence-electron chi connectivity index (χ3n) is 4.97. The summed E-state index contributed by atoms with van der Waals surface area (Å²) in [5, 5.41) is 3.36.